The average Bonchev–Trinajstić information content (AvgIpc) is 2.87. The average molecular weight is 342 g/mol. The van der Waals surface area contributed by atoms with Gasteiger partial charge < -0.3 is 15.0 Å². The number of hydrogen-bond donors (Lipinski definition) is 1. The minimum absolute atomic E-state index is 0.209. The van der Waals surface area contributed by atoms with Crippen LogP contribution in [0.25, 0.3) is 0 Å². The van der Waals surface area contributed by atoms with Crippen LogP contribution in [0.1, 0.15) is 22.0 Å². The zero-order chi connectivity index (χ0) is 17.6. The van der Waals surface area contributed by atoms with E-state index in [4.69, 9.17) is 4.74 Å². The van der Waals surface area contributed by atoms with Gasteiger partial charge in [0.25, 0.3) is 5.91 Å². The number of nitrogens with one attached hydrogen (secondary N) is 1. The van der Waals surface area contributed by atoms with Gasteiger partial charge in [0.05, 0.1) is 13.2 Å². The van der Waals surface area contributed by atoms with E-state index in [2.05, 4.69) is 30.2 Å². The Labute approximate surface area is 146 Å². The number of carbonyl (C=O) groups is 1. The first-order chi connectivity index (χ1) is 12.2. The maximum atomic E-state index is 11.7. The summed E-state index contributed by atoms with van der Waals surface area (Å²) in [6, 6.07) is 3.66. The van der Waals surface area contributed by atoms with Crippen LogP contribution >= 0.6 is 0 Å². The SMILES string of the molecule is CNC(=O)c1cc(C[C@H]2COCCN(c3ccnc(C)n3)C2)ncn1. The van der Waals surface area contributed by atoms with Gasteiger partial charge in [0.1, 0.15) is 23.7 Å². The van der Waals surface area contributed by atoms with Crippen molar-refractivity contribution in [1.82, 2.24) is 25.3 Å². The fourth-order valence-corrected chi connectivity index (χ4v) is 2.89. The molecule has 1 aliphatic rings. The monoisotopic (exact) mass is 342 g/mol. The zero-order valence-corrected chi connectivity index (χ0v) is 14.5. The van der Waals surface area contributed by atoms with Gasteiger partial charge in [-0.15, -0.1) is 0 Å². The Balaban J connectivity index is 1.72. The van der Waals surface area contributed by atoms with Gasteiger partial charge in [0.2, 0.25) is 0 Å². The third-order valence-electron chi connectivity index (χ3n) is 4.10. The lowest BCUT2D eigenvalue weighted by molar-refractivity contribution is 0.0957. The van der Waals surface area contributed by atoms with Crippen LogP contribution in [0.4, 0.5) is 5.82 Å². The third-order valence-corrected chi connectivity index (χ3v) is 4.10. The Bertz CT molecular complexity index is 739. The molecule has 1 N–H and O–H groups in total. The Kier molecular flexibility index (Phi) is 5.49. The van der Waals surface area contributed by atoms with Crippen molar-refractivity contribution in [2.45, 2.75) is 13.3 Å². The summed E-state index contributed by atoms with van der Waals surface area (Å²) in [5.41, 5.74) is 1.22. The smallest absolute Gasteiger partial charge is 0.269 e. The van der Waals surface area contributed by atoms with Crippen LogP contribution in [0.5, 0.6) is 0 Å². The molecule has 0 spiro atoms. The summed E-state index contributed by atoms with van der Waals surface area (Å²) in [6.07, 6.45) is 3.93. The molecule has 8 nitrogen and oxygen atoms in total. The van der Waals surface area contributed by atoms with E-state index in [0.717, 1.165) is 30.4 Å². The summed E-state index contributed by atoms with van der Waals surface area (Å²) in [6.45, 7) is 4.80. The highest BCUT2D eigenvalue weighted by atomic mass is 16.5. The molecule has 0 radical (unpaired) electrons. The van der Waals surface area contributed by atoms with Crippen LogP contribution in [0.15, 0.2) is 24.7 Å². The van der Waals surface area contributed by atoms with E-state index in [9.17, 15) is 4.79 Å². The minimum atomic E-state index is -0.209. The summed E-state index contributed by atoms with van der Waals surface area (Å²) < 4.78 is 5.75. The minimum Gasteiger partial charge on any atom is -0.379 e. The first kappa shape index (κ1) is 17.2. The predicted octanol–water partition coefficient (Wildman–Crippen LogP) is 0.630. The van der Waals surface area contributed by atoms with Gasteiger partial charge in [-0.1, -0.05) is 0 Å². The summed E-state index contributed by atoms with van der Waals surface area (Å²) in [4.78, 5) is 30.9. The van der Waals surface area contributed by atoms with Crippen LogP contribution in [0.3, 0.4) is 0 Å². The van der Waals surface area contributed by atoms with Crippen molar-refractivity contribution in [2.24, 2.45) is 5.92 Å². The van der Waals surface area contributed by atoms with E-state index in [1.807, 2.05) is 13.0 Å². The molecule has 1 aliphatic heterocycles. The number of nitrogens with zero attached hydrogens (tertiary/aromatic N) is 5. The normalized spacial score (nSPS) is 17.8. The second-order valence-corrected chi connectivity index (χ2v) is 6.03. The maximum absolute atomic E-state index is 11.7. The molecule has 1 saturated heterocycles. The number of hydrogen-bond acceptors (Lipinski definition) is 7. The fraction of sp³-hybridized carbons (Fsp3) is 0.471. The lowest BCUT2D eigenvalue weighted by Gasteiger charge is -2.24. The molecule has 0 aliphatic carbocycles. The van der Waals surface area contributed by atoms with Crippen molar-refractivity contribution in [2.75, 3.05) is 38.3 Å². The Hall–Kier alpha value is -2.61. The molecular weight excluding hydrogens is 320 g/mol. The first-order valence-corrected chi connectivity index (χ1v) is 8.31. The van der Waals surface area contributed by atoms with Gasteiger partial charge in [-0.3, -0.25) is 4.79 Å². The molecular formula is C17H22N6O2. The molecule has 3 heterocycles. The first-order valence-electron chi connectivity index (χ1n) is 8.31. The number of ether oxygens (including phenoxy) is 1. The molecule has 0 bridgehead atoms. The van der Waals surface area contributed by atoms with Gasteiger partial charge in [-0.2, -0.15) is 0 Å². The fourth-order valence-electron chi connectivity index (χ4n) is 2.89. The molecule has 8 heteroatoms. The molecule has 1 amide bonds. The van der Waals surface area contributed by atoms with Crippen molar-refractivity contribution < 1.29 is 9.53 Å². The number of rotatable bonds is 4. The van der Waals surface area contributed by atoms with Gasteiger partial charge in [-0.05, 0) is 25.5 Å². The molecule has 2 aromatic rings. The van der Waals surface area contributed by atoms with E-state index < -0.39 is 0 Å². The van der Waals surface area contributed by atoms with E-state index in [-0.39, 0.29) is 11.8 Å². The highest BCUT2D eigenvalue weighted by Crippen LogP contribution is 2.18. The molecule has 2 aromatic heterocycles. The Morgan fingerprint density at radius 1 is 1.40 bits per heavy atom. The molecule has 1 fully saturated rings. The highest BCUT2D eigenvalue weighted by molar-refractivity contribution is 5.91. The van der Waals surface area contributed by atoms with Gasteiger partial charge >= 0.3 is 0 Å². The van der Waals surface area contributed by atoms with E-state index >= 15 is 0 Å². The van der Waals surface area contributed by atoms with Gasteiger partial charge in [0, 0.05) is 37.9 Å². The zero-order valence-electron chi connectivity index (χ0n) is 14.5. The largest absolute Gasteiger partial charge is 0.379 e. The summed E-state index contributed by atoms with van der Waals surface area (Å²) in [7, 11) is 1.59. The number of aromatic nitrogens is 4. The standard InChI is InChI=1S/C17H22N6O2/c1-12-19-4-3-16(22-12)23-5-6-25-10-13(9-23)7-14-8-15(17(24)18-2)21-11-20-14/h3-4,8,11,13H,5-7,9-10H2,1-2H3,(H,18,24)/t13-/m1/s1. The van der Waals surface area contributed by atoms with Crippen molar-refractivity contribution in [3.8, 4) is 0 Å². The Morgan fingerprint density at radius 2 is 2.28 bits per heavy atom. The summed E-state index contributed by atoms with van der Waals surface area (Å²) in [5.74, 6) is 1.71. The lowest BCUT2D eigenvalue weighted by Crippen LogP contribution is -2.32. The summed E-state index contributed by atoms with van der Waals surface area (Å²) >= 11 is 0. The second kappa shape index (κ2) is 7.98. The van der Waals surface area contributed by atoms with Crippen LogP contribution in [0, 0.1) is 12.8 Å². The van der Waals surface area contributed by atoms with E-state index in [1.165, 1.54) is 6.33 Å². The predicted molar refractivity (Wildman–Crippen MR) is 92.4 cm³/mol. The molecule has 0 saturated carbocycles. The third kappa shape index (κ3) is 4.48. The van der Waals surface area contributed by atoms with Crippen LogP contribution in [0.2, 0.25) is 0 Å². The highest BCUT2D eigenvalue weighted by Gasteiger charge is 2.21. The molecule has 25 heavy (non-hydrogen) atoms. The van der Waals surface area contributed by atoms with Crippen LogP contribution in [-0.2, 0) is 11.2 Å². The van der Waals surface area contributed by atoms with Crippen molar-refractivity contribution >= 4 is 11.7 Å². The summed E-state index contributed by atoms with van der Waals surface area (Å²) in [5, 5.41) is 2.58. The molecule has 0 aromatic carbocycles. The second-order valence-electron chi connectivity index (χ2n) is 6.03. The number of carbonyl (C=O) groups excluding carboxylic acids is 1. The maximum Gasteiger partial charge on any atom is 0.269 e. The van der Waals surface area contributed by atoms with Gasteiger partial charge in [0.15, 0.2) is 0 Å². The topological polar surface area (TPSA) is 93.1 Å². The number of amides is 1. The van der Waals surface area contributed by atoms with Crippen LogP contribution < -0.4 is 10.2 Å². The molecule has 0 unspecified atom stereocenters. The number of aryl methyl sites for hydroxylation is 1. The van der Waals surface area contributed by atoms with Crippen molar-refractivity contribution in [3.63, 3.8) is 0 Å². The molecule has 3 rings (SSSR count). The van der Waals surface area contributed by atoms with E-state index in [1.54, 1.807) is 19.3 Å². The molecule has 132 valence electrons. The Morgan fingerprint density at radius 3 is 3.08 bits per heavy atom. The van der Waals surface area contributed by atoms with Crippen molar-refractivity contribution in [3.05, 3.63) is 41.9 Å². The van der Waals surface area contributed by atoms with E-state index in [0.29, 0.717) is 25.3 Å². The lowest BCUT2D eigenvalue weighted by atomic mass is 10.0. The molecule has 1 atom stereocenters. The van der Waals surface area contributed by atoms with Gasteiger partial charge in [-0.25, -0.2) is 19.9 Å². The van der Waals surface area contributed by atoms with Crippen molar-refractivity contribution in [1.29, 1.82) is 0 Å². The number of anilines is 1. The quantitative estimate of drug-likeness (QED) is 0.871. The van der Waals surface area contributed by atoms with Crippen LogP contribution in [-0.4, -0.2) is 59.2 Å².